The fourth-order valence-corrected chi connectivity index (χ4v) is 3.61. The zero-order chi connectivity index (χ0) is 21.6. The third-order valence-corrected chi connectivity index (χ3v) is 5.40. The predicted molar refractivity (Wildman–Crippen MR) is 120 cm³/mol. The molecular weight excluding hydrogens is 412 g/mol. The van der Waals surface area contributed by atoms with Gasteiger partial charge in [-0.25, -0.2) is 4.98 Å². The second kappa shape index (κ2) is 9.31. The highest BCUT2D eigenvalue weighted by molar-refractivity contribution is 7.18. The summed E-state index contributed by atoms with van der Waals surface area (Å²) in [6.45, 7) is 1.95. The maximum Gasteiger partial charge on any atom is 0.259 e. The largest absolute Gasteiger partial charge is 0.468 e. The van der Waals surface area contributed by atoms with E-state index in [1.54, 1.807) is 25.5 Å². The molecule has 0 bridgehead atoms. The van der Waals surface area contributed by atoms with Gasteiger partial charge in [0.15, 0.2) is 0 Å². The number of amides is 1. The van der Waals surface area contributed by atoms with Crippen LogP contribution in [0.25, 0.3) is 10.6 Å². The predicted octanol–water partition coefficient (Wildman–Crippen LogP) is 4.43. The summed E-state index contributed by atoms with van der Waals surface area (Å²) in [4.78, 5) is 21.0. The highest BCUT2D eigenvalue weighted by atomic mass is 32.1. The maximum absolute atomic E-state index is 12.7. The molecule has 8 nitrogen and oxygen atoms in total. The fourth-order valence-electron chi connectivity index (χ4n) is 2.86. The van der Waals surface area contributed by atoms with E-state index < -0.39 is 0 Å². The SMILES string of the molecule is CNc1cc(C(=O)Nc2nnc(-c3ccncc3)s2)cnc1OC(C)c1ccccc1. The van der Waals surface area contributed by atoms with Crippen molar-refractivity contribution in [2.75, 3.05) is 17.7 Å². The zero-order valence-electron chi connectivity index (χ0n) is 16.9. The van der Waals surface area contributed by atoms with E-state index in [4.69, 9.17) is 4.74 Å². The molecule has 1 amide bonds. The lowest BCUT2D eigenvalue weighted by Gasteiger charge is -2.17. The van der Waals surface area contributed by atoms with E-state index in [1.165, 1.54) is 17.5 Å². The number of anilines is 2. The number of benzene rings is 1. The van der Waals surface area contributed by atoms with E-state index in [1.807, 2.05) is 49.4 Å². The van der Waals surface area contributed by atoms with Crippen LogP contribution in [-0.2, 0) is 0 Å². The van der Waals surface area contributed by atoms with Crippen LogP contribution in [0.15, 0.2) is 67.1 Å². The molecule has 3 heterocycles. The molecule has 0 aliphatic rings. The number of hydrogen-bond donors (Lipinski definition) is 2. The smallest absolute Gasteiger partial charge is 0.259 e. The number of carbonyl (C=O) groups excluding carboxylic acids is 1. The molecule has 0 aliphatic heterocycles. The summed E-state index contributed by atoms with van der Waals surface area (Å²) in [6, 6.07) is 15.2. The summed E-state index contributed by atoms with van der Waals surface area (Å²) < 4.78 is 6.00. The molecule has 0 saturated heterocycles. The quantitative estimate of drug-likeness (QED) is 0.445. The third-order valence-electron chi connectivity index (χ3n) is 4.51. The van der Waals surface area contributed by atoms with Gasteiger partial charge in [0, 0.05) is 31.2 Å². The van der Waals surface area contributed by atoms with Gasteiger partial charge in [-0.1, -0.05) is 41.7 Å². The van der Waals surface area contributed by atoms with Gasteiger partial charge in [0.05, 0.1) is 11.3 Å². The Morgan fingerprint density at radius 3 is 2.61 bits per heavy atom. The Bertz CT molecular complexity index is 1170. The Morgan fingerprint density at radius 1 is 1.10 bits per heavy atom. The molecule has 1 unspecified atom stereocenters. The van der Waals surface area contributed by atoms with Gasteiger partial charge in [0.1, 0.15) is 11.1 Å². The number of nitrogens with one attached hydrogen (secondary N) is 2. The van der Waals surface area contributed by atoms with Crippen molar-refractivity contribution in [1.29, 1.82) is 0 Å². The van der Waals surface area contributed by atoms with E-state index >= 15 is 0 Å². The first-order valence-corrected chi connectivity index (χ1v) is 10.4. The van der Waals surface area contributed by atoms with Crippen molar-refractivity contribution in [3.63, 3.8) is 0 Å². The van der Waals surface area contributed by atoms with Gasteiger partial charge in [0.2, 0.25) is 11.0 Å². The minimum atomic E-state index is -0.330. The molecule has 0 fully saturated rings. The average Bonchev–Trinajstić information content (AvgIpc) is 3.29. The Hall–Kier alpha value is -3.85. The molecule has 3 aromatic heterocycles. The van der Waals surface area contributed by atoms with Gasteiger partial charge < -0.3 is 10.1 Å². The number of carbonyl (C=O) groups is 1. The Balaban J connectivity index is 1.47. The molecule has 31 heavy (non-hydrogen) atoms. The van der Waals surface area contributed by atoms with Gasteiger partial charge in [-0.3, -0.25) is 15.1 Å². The van der Waals surface area contributed by atoms with E-state index in [9.17, 15) is 4.79 Å². The average molecular weight is 433 g/mol. The molecule has 1 atom stereocenters. The summed E-state index contributed by atoms with van der Waals surface area (Å²) in [7, 11) is 1.75. The van der Waals surface area contributed by atoms with Crippen LogP contribution in [0, 0.1) is 0 Å². The molecule has 1 aromatic carbocycles. The van der Waals surface area contributed by atoms with Crippen molar-refractivity contribution in [3.05, 3.63) is 78.2 Å². The van der Waals surface area contributed by atoms with Gasteiger partial charge in [-0.2, -0.15) is 0 Å². The van der Waals surface area contributed by atoms with Crippen LogP contribution in [0.4, 0.5) is 10.8 Å². The molecule has 9 heteroatoms. The van der Waals surface area contributed by atoms with Crippen LogP contribution in [0.1, 0.15) is 28.9 Å². The van der Waals surface area contributed by atoms with Crippen LogP contribution >= 0.6 is 11.3 Å². The van der Waals surface area contributed by atoms with Crippen molar-refractivity contribution in [3.8, 4) is 16.5 Å². The minimum Gasteiger partial charge on any atom is -0.468 e. The van der Waals surface area contributed by atoms with Gasteiger partial charge in [0.25, 0.3) is 5.91 Å². The van der Waals surface area contributed by atoms with Gasteiger partial charge in [-0.15, -0.1) is 10.2 Å². The first kappa shape index (κ1) is 20.4. The number of aromatic nitrogens is 4. The van der Waals surface area contributed by atoms with Gasteiger partial charge in [-0.05, 0) is 30.7 Å². The number of ether oxygens (including phenoxy) is 1. The monoisotopic (exact) mass is 432 g/mol. The van der Waals surface area contributed by atoms with E-state index in [0.29, 0.717) is 27.3 Å². The molecule has 4 aromatic rings. The molecule has 0 aliphatic carbocycles. The van der Waals surface area contributed by atoms with Crippen molar-refractivity contribution in [2.45, 2.75) is 13.0 Å². The molecule has 2 N–H and O–H groups in total. The van der Waals surface area contributed by atoms with E-state index in [2.05, 4.69) is 30.8 Å². The number of rotatable bonds is 7. The second-order valence-electron chi connectivity index (χ2n) is 6.60. The van der Waals surface area contributed by atoms with Crippen LogP contribution in [-0.4, -0.2) is 33.1 Å². The van der Waals surface area contributed by atoms with Crippen molar-refractivity contribution >= 4 is 28.1 Å². The minimum absolute atomic E-state index is 0.187. The summed E-state index contributed by atoms with van der Waals surface area (Å²) in [6.07, 6.45) is 4.66. The second-order valence-corrected chi connectivity index (χ2v) is 7.58. The molecule has 156 valence electrons. The van der Waals surface area contributed by atoms with E-state index in [-0.39, 0.29) is 12.0 Å². The Kier molecular flexibility index (Phi) is 6.13. The normalized spacial score (nSPS) is 11.5. The Labute approximate surface area is 183 Å². The summed E-state index contributed by atoms with van der Waals surface area (Å²) in [5.41, 5.74) is 2.92. The molecule has 0 radical (unpaired) electrons. The first-order chi connectivity index (χ1) is 15.1. The lowest BCUT2D eigenvalue weighted by Crippen LogP contribution is -2.13. The van der Waals surface area contributed by atoms with E-state index in [0.717, 1.165) is 11.1 Å². The highest BCUT2D eigenvalue weighted by Crippen LogP contribution is 2.29. The van der Waals surface area contributed by atoms with Gasteiger partial charge >= 0.3 is 0 Å². The van der Waals surface area contributed by atoms with Crippen molar-refractivity contribution < 1.29 is 9.53 Å². The Morgan fingerprint density at radius 2 is 1.87 bits per heavy atom. The van der Waals surface area contributed by atoms with Crippen LogP contribution in [0.2, 0.25) is 0 Å². The van der Waals surface area contributed by atoms with Crippen molar-refractivity contribution in [2.24, 2.45) is 0 Å². The van der Waals surface area contributed by atoms with Crippen LogP contribution in [0.3, 0.4) is 0 Å². The lowest BCUT2D eigenvalue weighted by atomic mass is 10.1. The zero-order valence-corrected chi connectivity index (χ0v) is 17.8. The fraction of sp³-hybridized carbons (Fsp3) is 0.136. The number of pyridine rings is 2. The summed E-state index contributed by atoms with van der Waals surface area (Å²) in [5.74, 6) is 0.0929. The van der Waals surface area contributed by atoms with Crippen molar-refractivity contribution in [1.82, 2.24) is 20.2 Å². The highest BCUT2D eigenvalue weighted by Gasteiger charge is 2.16. The number of nitrogens with zero attached hydrogens (tertiary/aromatic N) is 4. The summed E-state index contributed by atoms with van der Waals surface area (Å²) in [5, 5.41) is 15.1. The van der Waals surface area contributed by atoms with Crippen LogP contribution in [0.5, 0.6) is 5.88 Å². The molecular formula is C22H20N6O2S. The summed E-state index contributed by atoms with van der Waals surface area (Å²) >= 11 is 1.29. The topological polar surface area (TPSA) is 102 Å². The first-order valence-electron chi connectivity index (χ1n) is 9.58. The molecule has 0 saturated carbocycles. The van der Waals surface area contributed by atoms with Crippen LogP contribution < -0.4 is 15.4 Å². The third kappa shape index (κ3) is 4.84. The maximum atomic E-state index is 12.7. The molecule has 0 spiro atoms. The lowest BCUT2D eigenvalue weighted by molar-refractivity contribution is 0.102. The molecule has 4 rings (SSSR count). The number of hydrogen-bond acceptors (Lipinski definition) is 8. The standard InChI is InChI=1S/C22H20N6O2S/c1-14(15-6-4-3-5-7-15)30-20-18(23-2)12-17(13-25-20)19(29)26-22-28-27-21(31-22)16-8-10-24-11-9-16/h3-14,23H,1-2H3,(H,26,28,29).